The highest BCUT2D eigenvalue weighted by Crippen LogP contribution is 2.32. The molecule has 10 heteroatoms. The van der Waals surface area contributed by atoms with Gasteiger partial charge in [-0.3, -0.25) is 14.4 Å². The van der Waals surface area contributed by atoms with E-state index in [4.69, 9.17) is 11.6 Å². The minimum absolute atomic E-state index is 0.0455. The number of thiazole rings is 1. The molecule has 0 aliphatic carbocycles. The molecule has 2 aromatic carbocycles. The summed E-state index contributed by atoms with van der Waals surface area (Å²) in [5, 5.41) is 13.8. The number of β-amino-alcohol motifs (C(OH)–C–C–N with tert-alkyl or cyclic N) is 1. The van der Waals surface area contributed by atoms with E-state index in [-0.39, 0.29) is 36.6 Å². The molecule has 0 saturated carbocycles. The number of rotatable bonds is 7. The number of aliphatic hydroxyl groups excluding tert-OH is 1. The highest BCUT2D eigenvalue weighted by Gasteiger charge is 2.45. The van der Waals surface area contributed by atoms with Crippen LogP contribution in [0.25, 0.3) is 10.4 Å². The maximum absolute atomic E-state index is 13.9. The van der Waals surface area contributed by atoms with Gasteiger partial charge in [0.15, 0.2) is 0 Å². The van der Waals surface area contributed by atoms with Crippen LogP contribution in [-0.4, -0.2) is 62.3 Å². The molecule has 3 atom stereocenters. The third-order valence-electron chi connectivity index (χ3n) is 7.42. The molecule has 1 aromatic heterocycles. The molecule has 2 aliphatic heterocycles. The number of aliphatic hydroxyl groups is 1. The van der Waals surface area contributed by atoms with E-state index in [2.05, 4.69) is 10.3 Å². The summed E-state index contributed by atoms with van der Waals surface area (Å²) in [6.07, 6.45) is -0.666. The second-order valence-electron chi connectivity index (χ2n) is 10.5. The van der Waals surface area contributed by atoms with E-state index in [1.807, 2.05) is 50.5 Å². The predicted octanol–water partition coefficient (Wildman–Crippen LogP) is 4.03. The van der Waals surface area contributed by atoms with Crippen LogP contribution in [0.5, 0.6) is 0 Å². The van der Waals surface area contributed by atoms with Crippen molar-refractivity contribution in [2.24, 2.45) is 5.92 Å². The normalized spacial score (nSPS) is 19.5. The van der Waals surface area contributed by atoms with Gasteiger partial charge in [0.2, 0.25) is 11.8 Å². The monoisotopic (exact) mass is 566 g/mol. The van der Waals surface area contributed by atoms with Crippen molar-refractivity contribution >= 4 is 40.7 Å². The number of amides is 3. The molecule has 0 radical (unpaired) electrons. The van der Waals surface area contributed by atoms with Crippen LogP contribution in [0.2, 0.25) is 5.02 Å². The lowest BCUT2D eigenvalue weighted by atomic mass is 10.0. The van der Waals surface area contributed by atoms with Gasteiger partial charge in [0, 0.05) is 36.6 Å². The molecule has 204 valence electrons. The molecular weight excluding hydrogens is 536 g/mol. The minimum Gasteiger partial charge on any atom is -0.391 e. The molecule has 2 aliphatic rings. The maximum atomic E-state index is 13.9. The van der Waals surface area contributed by atoms with Gasteiger partial charge in [-0.25, -0.2) is 4.98 Å². The van der Waals surface area contributed by atoms with Crippen LogP contribution in [0, 0.1) is 12.8 Å². The molecule has 39 heavy (non-hydrogen) atoms. The van der Waals surface area contributed by atoms with Crippen molar-refractivity contribution in [3.8, 4) is 10.4 Å². The first-order valence-electron chi connectivity index (χ1n) is 13.0. The number of fused-ring (bicyclic) bond motifs is 1. The Balaban J connectivity index is 1.28. The van der Waals surface area contributed by atoms with E-state index in [0.717, 1.165) is 27.3 Å². The van der Waals surface area contributed by atoms with Gasteiger partial charge < -0.3 is 20.2 Å². The average molecular weight is 567 g/mol. The fraction of sp³-hybridized carbons (Fsp3) is 0.379. The molecule has 2 N–H and O–H groups in total. The van der Waals surface area contributed by atoms with Crippen molar-refractivity contribution in [1.29, 1.82) is 0 Å². The molecule has 3 heterocycles. The Morgan fingerprint density at radius 2 is 1.95 bits per heavy atom. The van der Waals surface area contributed by atoms with E-state index in [0.29, 0.717) is 23.7 Å². The second-order valence-corrected chi connectivity index (χ2v) is 11.8. The van der Waals surface area contributed by atoms with Crippen LogP contribution in [0.3, 0.4) is 0 Å². The first kappa shape index (κ1) is 27.3. The van der Waals surface area contributed by atoms with Gasteiger partial charge in [0.1, 0.15) is 12.1 Å². The number of aryl methyl sites for hydroxylation is 1. The molecule has 0 bridgehead atoms. The summed E-state index contributed by atoms with van der Waals surface area (Å²) in [5.41, 5.74) is 6.10. The molecule has 0 spiro atoms. The van der Waals surface area contributed by atoms with Gasteiger partial charge in [-0.05, 0) is 41.7 Å². The molecule has 1 fully saturated rings. The highest BCUT2D eigenvalue weighted by molar-refractivity contribution is 7.13. The third kappa shape index (κ3) is 5.44. The van der Waals surface area contributed by atoms with Gasteiger partial charge >= 0.3 is 0 Å². The van der Waals surface area contributed by atoms with Gasteiger partial charge in [-0.1, -0.05) is 55.8 Å². The Bertz CT molecular complexity index is 1410. The van der Waals surface area contributed by atoms with Crippen LogP contribution in [0.15, 0.2) is 48.0 Å². The largest absolute Gasteiger partial charge is 0.391 e. The molecule has 3 amide bonds. The molecule has 1 unspecified atom stereocenters. The number of halogens is 1. The fourth-order valence-electron chi connectivity index (χ4n) is 5.43. The quantitative estimate of drug-likeness (QED) is 0.449. The van der Waals surface area contributed by atoms with Gasteiger partial charge in [-0.15, -0.1) is 11.3 Å². The predicted molar refractivity (Wildman–Crippen MR) is 150 cm³/mol. The minimum atomic E-state index is -0.817. The third-order valence-corrected chi connectivity index (χ3v) is 8.63. The van der Waals surface area contributed by atoms with Crippen LogP contribution < -0.4 is 5.32 Å². The molecule has 1 saturated heterocycles. The number of benzene rings is 2. The molecule has 8 nitrogen and oxygen atoms in total. The van der Waals surface area contributed by atoms with Crippen LogP contribution in [0.4, 0.5) is 0 Å². The Labute approximate surface area is 236 Å². The summed E-state index contributed by atoms with van der Waals surface area (Å²) < 4.78 is 0. The zero-order valence-corrected chi connectivity index (χ0v) is 23.6. The number of hydrogen-bond acceptors (Lipinski definition) is 6. The summed E-state index contributed by atoms with van der Waals surface area (Å²) in [5.74, 6) is -1.11. The first-order chi connectivity index (χ1) is 18.6. The molecule has 5 rings (SSSR count). The van der Waals surface area contributed by atoms with Crippen LogP contribution in [-0.2, 0) is 22.7 Å². The smallest absolute Gasteiger partial charge is 0.255 e. The number of likely N-dealkylation sites (tertiary alicyclic amines) is 1. The fourth-order valence-corrected chi connectivity index (χ4v) is 6.42. The molecule has 3 aromatic rings. The lowest BCUT2D eigenvalue weighted by Crippen LogP contribution is -2.55. The Morgan fingerprint density at radius 1 is 1.21 bits per heavy atom. The first-order valence-corrected chi connectivity index (χ1v) is 14.2. The average Bonchev–Trinajstić information content (AvgIpc) is 3.60. The van der Waals surface area contributed by atoms with E-state index in [9.17, 15) is 19.5 Å². The summed E-state index contributed by atoms with van der Waals surface area (Å²) in [6.45, 7) is 6.37. The number of carbonyl (C=O) groups is 3. The van der Waals surface area contributed by atoms with Crippen molar-refractivity contribution in [3.63, 3.8) is 0 Å². The highest BCUT2D eigenvalue weighted by atomic mass is 35.5. The van der Waals surface area contributed by atoms with Crippen molar-refractivity contribution in [3.05, 3.63) is 75.4 Å². The summed E-state index contributed by atoms with van der Waals surface area (Å²) in [4.78, 5) is 48.7. The standard InChI is InChI=1S/C29H31ClN4O4S/c1-16(2)25(34-13-20-8-9-21(30)10-23(20)28(34)37)29(38)33-14-22(35)11-24(33)27(36)31-12-18-4-6-19(7-5-18)26-17(3)32-15-39-26/h4-10,15-16,22,24-25,35H,11-14H2,1-3H3,(H,31,36)/t22?,24-,25-/m0/s1. The zero-order chi connectivity index (χ0) is 27.8. The maximum Gasteiger partial charge on any atom is 0.255 e. The lowest BCUT2D eigenvalue weighted by Gasteiger charge is -2.35. The Hall–Kier alpha value is -3.27. The SMILES string of the molecule is Cc1ncsc1-c1ccc(CNC(=O)[C@@H]2CC(O)CN2C(=O)[C@H](C(C)C)N2Cc3ccc(Cl)cc3C2=O)cc1. The summed E-state index contributed by atoms with van der Waals surface area (Å²) in [6, 6.07) is 11.5. The number of carbonyl (C=O) groups excluding carboxylic acids is 3. The van der Waals surface area contributed by atoms with E-state index >= 15 is 0 Å². The van der Waals surface area contributed by atoms with Crippen LogP contribution >= 0.6 is 22.9 Å². The van der Waals surface area contributed by atoms with Gasteiger partial charge in [0.05, 0.1) is 22.2 Å². The second kappa shape index (κ2) is 11.1. The van der Waals surface area contributed by atoms with Crippen molar-refractivity contribution in [2.45, 2.75) is 58.5 Å². The van der Waals surface area contributed by atoms with E-state index in [1.54, 1.807) is 34.4 Å². The molecular formula is C29H31ClN4O4S. The number of nitrogens with one attached hydrogen (secondary N) is 1. The van der Waals surface area contributed by atoms with Gasteiger partial charge in [0.25, 0.3) is 5.91 Å². The van der Waals surface area contributed by atoms with Crippen molar-refractivity contribution in [1.82, 2.24) is 20.1 Å². The van der Waals surface area contributed by atoms with Gasteiger partial charge in [-0.2, -0.15) is 0 Å². The van der Waals surface area contributed by atoms with Crippen molar-refractivity contribution < 1.29 is 19.5 Å². The Morgan fingerprint density at radius 3 is 2.62 bits per heavy atom. The van der Waals surface area contributed by atoms with E-state index in [1.165, 1.54) is 4.90 Å². The van der Waals surface area contributed by atoms with Crippen molar-refractivity contribution in [2.75, 3.05) is 6.54 Å². The Kier molecular flexibility index (Phi) is 7.75. The topological polar surface area (TPSA) is 103 Å². The van der Waals surface area contributed by atoms with Crippen LogP contribution in [0.1, 0.15) is 47.4 Å². The van der Waals surface area contributed by atoms with E-state index < -0.39 is 18.2 Å². The summed E-state index contributed by atoms with van der Waals surface area (Å²) >= 11 is 7.69. The lowest BCUT2D eigenvalue weighted by molar-refractivity contribution is -0.143. The zero-order valence-electron chi connectivity index (χ0n) is 22.1. The number of aromatic nitrogens is 1. The number of nitrogens with zero attached hydrogens (tertiary/aromatic N) is 3. The summed E-state index contributed by atoms with van der Waals surface area (Å²) in [7, 11) is 0. The number of hydrogen-bond donors (Lipinski definition) is 2.